The molecule has 1 aliphatic heterocycles. The van der Waals surface area contributed by atoms with Crippen molar-refractivity contribution >= 4 is 46.1 Å². The predicted octanol–water partition coefficient (Wildman–Crippen LogP) is 4.87. The van der Waals surface area contributed by atoms with Crippen LogP contribution in [0.4, 0.5) is 30.6 Å². The smallest absolute Gasteiger partial charge is 0.418 e. The molecule has 0 saturated carbocycles. The third-order valence-corrected chi connectivity index (χ3v) is 6.66. The van der Waals surface area contributed by atoms with Gasteiger partial charge >= 0.3 is 11.7 Å². The van der Waals surface area contributed by atoms with Gasteiger partial charge in [-0.05, 0) is 31.4 Å². The number of hydrogen-bond donors (Lipinski definition) is 3. The Morgan fingerprint density at radius 1 is 1.29 bits per heavy atom. The van der Waals surface area contributed by atoms with E-state index in [0.717, 1.165) is 19.3 Å². The fraction of sp³-hybridized carbons (Fsp3) is 0.320. The van der Waals surface area contributed by atoms with Gasteiger partial charge in [-0.25, -0.2) is 9.97 Å². The Balaban J connectivity index is 1.36. The van der Waals surface area contributed by atoms with Crippen LogP contribution in [-0.4, -0.2) is 48.1 Å². The van der Waals surface area contributed by atoms with Crippen molar-refractivity contribution in [2.24, 2.45) is 7.05 Å². The summed E-state index contributed by atoms with van der Waals surface area (Å²) in [5.74, 6) is 0.353. The normalized spacial score (nSPS) is 15.6. The third-order valence-electron chi connectivity index (χ3n) is 6.29. The molecule has 0 spiro atoms. The zero-order valence-electron chi connectivity index (χ0n) is 21.4. The minimum absolute atomic E-state index is 0.0681. The zero-order valence-corrected chi connectivity index (χ0v) is 22.2. The van der Waals surface area contributed by atoms with Crippen LogP contribution in [0.2, 0.25) is 5.02 Å². The molecule has 1 fully saturated rings. The van der Waals surface area contributed by atoms with E-state index in [4.69, 9.17) is 21.1 Å². The molecule has 0 aromatic carbocycles. The molecule has 4 aromatic rings. The van der Waals surface area contributed by atoms with E-state index in [1.54, 1.807) is 6.07 Å². The van der Waals surface area contributed by atoms with Crippen molar-refractivity contribution in [3.63, 3.8) is 0 Å². The third kappa shape index (κ3) is 6.20. The molecule has 3 N–H and O–H groups in total. The van der Waals surface area contributed by atoms with Crippen LogP contribution in [0.3, 0.4) is 0 Å². The number of amides is 1. The number of imidazole rings is 1. The van der Waals surface area contributed by atoms with Crippen LogP contribution in [0.1, 0.15) is 31.2 Å². The first-order valence-electron chi connectivity index (χ1n) is 12.4. The summed E-state index contributed by atoms with van der Waals surface area (Å²) in [7, 11) is 1.50. The highest BCUT2D eigenvalue weighted by Crippen LogP contribution is 2.36. The molecular formula is C25H23ClF3N7O5. The summed E-state index contributed by atoms with van der Waals surface area (Å²) in [6, 6.07) is 3.61. The Morgan fingerprint density at radius 3 is 2.83 bits per heavy atom. The Labute approximate surface area is 234 Å². The lowest BCUT2D eigenvalue weighted by molar-refractivity contribution is -0.138. The SMILES string of the molecule is Cn1c(Nc2cc(C(F)(F)F)cn(O)c2=O)nc2ncc(Oc3ccnc(NC(=O)C[C@@H]4CCCCO4)c3)c(Cl)c21. The lowest BCUT2D eigenvalue weighted by Crippen LogP contribution is -2.25. The average molecular weight is 594 g/mol. The summed E-state index contributed by atoms with van der Waals surface area (Å²) >= 11 is 6.58. The first-order valence-corrected chi connectivity index (χ1v) is 12.7. The number of fused-ring (bicyclic) bond motifs is 1. The van der Waals surface area contributed by atoms with Crippen LogP contribution < -0.4 is 20.9 Å². The highest BCUT2D eigenvalue weighted by molar-refractivity contribution is 6.36. The molecule has 1 atom stereocenters. The van der Waals surface area contributed by atoms with Crippen LogP contribution in [-0.2, 0) is 22.8 Å². The van der Waals surface area contributed by atoms with Gasteiger partial charge in [-0.1, -0.05) is 11.6 Å². The Morgan fingerprint density at radius 2 is 2.10 bits per heavy atom. The number of hydrogen-bond acceptors (Lipinski definition) is 9. The number of anilines is 3. The van der Waals surface area contributed by atoms with E-state index < -0.39 is 23.0 Å². The Hall–Kier alpha value is -4.37. The van der Waals surface area contributed by atoms with E-state index in [-0.39, 0.29) is 63.1 Å². The molecule has 4 aromatic heterocycles. The molecule has 5 heterocycles. The van der Waals surface area contributed by atoms with Gasteiger partial charge in [-0.2, -0.15) is 22.9 Å². The summed E-state index contributed by atoms with van der Waals surface area (Å²) in [4.78, 5) is 37.2. The molecule has 41 heavy (non-hydrogen) atoms. The van der Waals surface area contributed by atoms with Gasteiger partial charge in [-0.15, -0.1) is 0 Å². The van der Waals surface area contributed by atoms with Crippen LogP contribution >= 0.6 is 11.6 Å². The van der Waals surface area contributed by atoms with E-state index in [9.17, 15) is 28.0 Å². The van der Waals surface area contributed by atoms with Crippen molar-refractivity contribution in [2.45, 2.75) is 38.0 Å². The number of alkyl halides is 3. The molecule has 0 unspecified atom stereocenters. The number of carbonyl (C=O) groups excluding carboxylic acids is 1. The van der Waals surface area contributed by atoms with Gasteiger partial charge in [0.05, 0.1) is 30.5 Å². The zero-order chi connectivity index (χ0) is 29.3. The number of pyridine rings is 3. The van der Waals surface area contributed by atoms with Gasteiger partial charge in [0, 0.05) is 25.9 Å². The predicted molar refractivity (Wildman–Crippen MR) is 141 cm³/mol. The van der Waals surface area contributed by atoms with Crippen molar-refractivity contribution in [3.05, 3.63) is 57.7 Å². The van der Waals surface area contributed by atoms with Crippen molar-refractivity contribution < 1.29 is 32.6 Å². The fourth-order valence-corrected chi connectivity index (χ4v) is 4.57. The number of halogens is 4. The van der Waals surface area contributed by atoms with E-state index in [1.807, 2.05) is 0 Å². The number of nitrogens with one attached hydrogen (secondary N) is 2. The largest absolute Gasteiger partial charge is 0.454 e. The number of rotatable bonds is 7. The second-order valence-corrected chi connectivity index (χ2v) is 9.62. The van der Waals surface area contributed by atoms with Crippen LogP contribution in [0, 0.1) is 0 Å². The lowest BCUT2D eigenvalue weighted by Gasteiger charge is -2.21. The molecule has 0 bridgehead atoms. The van der Waals surface area contributed by atoms with Crippen LogP contribution in [0.5, 0.6) is 11.5 Å². The van der Waals surface area contributed by atoms with Crippen LogP contribution in [0.15, 0.2) is 41.6 Å². The van der Waals surface area contributed by atoms with Crippen LogP contribution in [0.25, 0.3) is 11.2 Å². The first kappa shape index (κ1) is 28.2. The second kappa shape index (κ2) is 11.2. The summed E-state index contributed by atoms with van der Waals surface area (Å²) in [5, 5.41) is 14.9. The molecule has 12 nitrogen and oxygen atoms in total. The van der Waals surface area contributed by atoms with Gasteiger partial charge < -0.3 is 29.9 Å². The molecule has 216 valence electrons. The number of aromatic nitrogens is 5. The standard InChI is InChI=1S/C25H23ClF3N7O5/c1-35-21-20(26)17(41-15-5-6-30-18(9-15)33-19(37)10-14-4-2-3-7-40-14)11-31-22(21)34-24(35)32-16-8-13(25(27,28)29)12-36(39)23(16)38/h5-6,8-9,11-12,14,39H,2-4,7,10H2,1H3,(H,30,33,37)(H,31,32,34)/t14-/m0/s1. The summed E-state index contributed by atoms with van der Waals surface area (Å²) in [6.45, 7) is 0.639. The van der Waals surface area contributed by atoms with Gasteiger partial charge in [0.2, 0.25) is 11.9 Å². The lowest BCUT2D eigenvalue weighted by atomic mass is 10.1. The minimum Gasteiger partial charge on any atom is -0.454 e. The summed E-state index contributed by atoms with van der Waals surface area (Å²) in [5.41, 5.74) is -2.59. The molecule has 1 aliphatic rings. The van der Waals surface area contributed by atoms with Gasteiger partial charge in [-0.3, -0.25) is 9.59 Å². The van der Waals surface area contributed by atoms with E-state index >= 15 is 0 Å². The van der Waals surface area contributed by atoms with Gasteiger partial charge in [0.25, 0.3) is 0 Å². The second-order valence-electron chi connectivity index (χ2n) is 9.24. The molecule has 16 heteroatoms. The highest BCUT2D eigenvalue weighted by Gasteiger charge is 2.32. The number of aryl methyl sites for hydroxylation is 1. The Kier molecular flexibility index (Phi) is 7.73. The fourth-order valence-electron chi connectivity index (χ4n) is 4.27. The maximum absolute atomic E-state index is 13.2. The minimum atomic E-state index is -4.81. The van der Waals surface area contributed by atoms with Gasteiger partial charge in [0.15, 0.2) is 11.4 Å². The van der Waals surface area contributed by atoms with Crippen molar-refractivity contribution in [3.8, 4) is 11.5 Å². The first-order chi connectivity index (χ1) is 19.5. The number of carbonyl (C=O) groups is 1. The molecule has 5 rings (SSSR count). The van der Waals surface area contributed by atoms with Gasteiger partial charge in [0.1, 0.15) is 27.8 Å². The number of nitrogens with zero attached hydrogens (tertiary/aromatic N) is 5. The molecule has 0 radical (unpaired) electrons. The highest BCUT2D eigenvalue weighted by atomic mass is 35.5. The van der Waals surface area contributed by atoms with Crippen molar-refractivity contribution in [1.82, 2.24) is 24.2 Å². The van der Waals surface area contributed by atoms with E-state index in [0.29, 0.717) is 18.4 Å². The number of ether oxygens (including phenoxy) is 2. The van der Waals surface area contributed by atoms with Crippen molar-refractivity contribution in [1.29, 1.82) is 0 Å². The van der Waals surface area contributed by atoms with Crippen molar-refractivity contribution in [2.75, 3.05) is 17.2 Å². The van der Waals surface area contributed by atoms with E-state index in [1.165, 1.54) is 30.1 Å². The average Bonchev–Trinajstić information content (AvgIpc) is 3.24. The molecule has 0 aliphatic carbocycles. The maximum atomic E-state index is 13.2. The monoisotopic (exact) mass is 593 g/mol. The summed E-state index contributed by atoms with van der Waals surface area (Å²) < 4.78 is 52.2. The Bertz CT molecular complexity index is 1670. The molecule has 1 saturated heterocycles. The molecule has 1 amide bonds. The topological polar surface area (TPSA) is 145 Å². The summed E-state index contributed by atoms with van der Waals surface area (Å²) in [6.07, 6.45) is 1.10. The quantitative estimate of drug-likeness (QED) is 0.256. The molecular weight excluding hydrogens is 571 g/mol. The van der Waals surface area contributed by atoms with E-state index in [2.05, 4.69) is 25.6 Å². The maximum Gasteiger partial charge on any atom is 0.418 e.